The van der Waals surface area contributed by atoms with E-state index in [1.807, 2.05) is 26.0 Å². The van der Waals surface area contributed by atoms with E-state index in [4.69, 9.17) is 11.6 Å². The second-order valence-electron chi connectivity index (χ2n) is 4.18. The first kappa shape index (κ1) is 15.0. The lowest BCUT2D eigenvalue weighted by Gasteiger charge is -2.08. The van der Waals surface area contributed by atoms with Gasteiger partial charge in [-0.3, -0.25) is 0 Å². The van der Waals surface area contributed by atoms with Gasteiger partial charge in [0.05, 0.1) is 5.69 Å². The van der Waals surface area contributed by atoms with E-state index < -0.39 is 0 Å². The summed E-state index contributed by atoms with van der Waals surface area (Å²) in [4.78, 5) is 5.64. The Morgan fingerprint density at radius 1 is 1.20 bits per heavy atom. The van der Waals surface area contributed by atoms with Crippen molar-refractivity contribution in [1.82, 2.24) is 4.98 Å². The Morgan fingerprint density at radius 2 is 2.05 bits per heavy atom. The number of rotatable bonds is 2. The Balaban J connectivity index is 0.000000704. The van der Waals surface area contributed by atoms with Crippen LogP contribution in [0.1, 0.15) is 32.4 Å². The molecular formula is C17H18ClNS. The largest absolute Gasteiger partial charge is 0.236 e. The van der Waals surface area contributed by atoms with Crippen LogP contribution in [0.25, 0.3) is 16.0 Å². The smallest absolute Gasteiger partial charge is 0.130 e. The highest BCUT2D eigenvalue weighted by molar-refractivity contribution is 7.13. The lowest BCUT2D eigenvalue weighted by Crippen LogP contribution is -1.91. The lowest BCUT2D eigenvalue weighted by molar-refractivity contribution is 1.04. The molecule has 0 fully saturated rings. The Morgan fingerprint density at radius 3 is 2.70 bits per heavy atom. The van der Waals surface area contributed by atoms with Gasteiger partial charge in [-0.2, -0.15) is 0 Å². The van der Waals surface area contributed by atoms with E-state index in [2.05, 4.69) is 40.7 Å². The van der Waals surface area contributed by atoms with Crippen molar-refractivity contribution in [3.05, 3.63) is 58.7 Å². The highest BCUT2D eigenvalue weighted by Crippen LogP contribution is 2.30. The van der Waals surface area contributed by atoms with Gasteiger partial charge < -0.3 is 0 Å². The Labute approximate surface area is 129 Å². The summed E-state index contributed by atoms with van der Waals surface area (Å²) in [6.07, 6.45) is 8.72. The fourth-order valence-electron chi connectivity index (χ4n) is 2.03. The van der Waals surface area contributed by atoms with Gasteiger partial charge in [0, 0.05) is 4.88 Å². The van der Waals surface area contributed by atoms with Crippen molar-refractivity contribution in [3.63, 3.8) is 0 Å². The molecule has 1 aliphatic rings. The molecule has 3 rings (SSSR count). The van der Waals surface area contributed by atoms with Crippen molar-refractivity contribution in [2.24, 2.45) is 0 Å². The summed E-state index contributed by atoms with van der Waals surface area (Å²) in [5.74, 6) is 0. The zero-order chi connectivity index (χ0) is 14.4. The van der Waals surface area contributed by atoms with E-state index in [9.17, 15) is 0 Å². The minimum atomic E-state index is 0.552. The average molecular weight is 304 g/mol. The van der Waals surface area contributed by atoms with Gasteiger partial charge in [0.2, 0.25) is 0 Å². The fraction of sp³-hybridized carbons (Fsp3) is 0.235. The molecule has 1 aliphatic carbocycles. The summed E-state index contributed by atoms with van der Waals surface area (Å²) in [6.45, 7) is 4.00. The van der Waals surface area contributed by atoms with Crippen LogP contribution in [-0.2, 0) is 0 Å². The van der Waals surface area contributed by atoms with Crippen LogP contribution < -0.4 is 0 Å². The van der Waals surface area contributed by atoms with Gasteiger partial charge in [-0.05, 0) is 47.6 Å². The molecule has 0 aromatic carbocycles. The van der Waals surface area contributed by atoms with Gasteiger partial charge in [-0.1, -0.05) is 49.7 Å². The first-order chi connectivity index (χ1) is 9.83. The highest BCUT2D eigenvalue weighted by atomic mass is 35.5. The van der Waals surface area contributed by atoms with E-state index in [0.717, 1.165) is 24.1 Å². The number of nitrogens with zero attached hydrogens (tertiary/aromatic N) is 1. The first-order valence-electron chi connectivity index (χ1n) is 6.91. The third kappa shape index (κ3) is 3.59. The first-order valence-corrected chi connectivity index (χ1v) is 8.17. The molecule has 0 unspecified atom stereocenters. The van der Waals surface area contributed by atoms with E-state index >= 15 is 0 Å². The minimum absolute atomic E-state index is 0.552. The summed E-state index contributed by atoms with van der Waals surface area (Å²) in [6, 6.07) is 8.18. The number of allylic oxidation sites excluding steroid dienone is 4. The average Bonchev–Trinajstić information content (AvgIpc) is 3.04. The Hall–Kier alpha value is -1.38. The van der Waals surface area contributed by atoms with Crippen molar-refractivity contribution in [2.75, 3.05) is 0 Å². The lowest BCUT2D eigenvalue weighted by atomic mass is 10.0. The highest BCUT2D eigenvalue weighted by Gasteiger charge is 2.08. The Bertz CT molecular complexity index is 612. The molecule has 0 radical (unpaired) electrons. The number of thiophene rings is 1. The molecule has 0 spiro atoms. The van der Waals surface area contributed by atoms with Gasteiger partial charge in [0.15, 0.2) is 0 Å². The number of hydrogen-bond donors (Lipinski definition) is 0. The molecule has 0 amide bonds. The number of pyridine rings is 1. The van der Waals surface area contributed by atoms with Crippen LogP contribution in [0.15, 0.2) is 47.9 Å². The zero-order valence-corrected chi connectivity index (χ0v) is 13.3. The number of hydrogen-bond acceptors (Lipinski definition) is 2. The molecule has 0 saturated carbocycles. The van der Waals surface area contributed by atoms with Crippen LogP contribution in [0.3, 0.4) is 0 Å². The molecular weight excluding hydrogens is 286 g/mol. The van der Waals surface area contributed by atoms with Crippen molar-refractivity contribution in [1.29, 1.82) is 0 Å². The van der Waals surface area contributed by atoms with Gasteiger partial charge in [-0.15, -0.1) is 11.3 Å². The molecule has 20 heavy (non-hydrogen) atoms. The molecule has 0 bridgehead atoms. The van der Waals surface area contributed by atoms with Crippen LogP contribution in [0.4, 0.5) is 0 Å². The van der Waals surface area contributed by atoms with Crippen LogP contribution in [0.2, 0.25) is 5.15 Å². The minimum Gasteiger partial charge on any atom is -0.236 e. The van der Waals surface area contributed by atoms with Crippen LogP contribution in [-0.4, -0.2) is 4.98 Å². The topological polar surface area (TPSA) is 12.9 Å². The zero-order valence-electron chi connectivity index (χ0n) is 11.8. The van der Waals surface area contributed by atoms with Crippen molar-refractivity contribution in [2.45, 2.75) is 26.7 Å². The molecule has 2 aromatic heterocycles. The molecule has 3 heteroatoms. The Kier molecular flexibility index (Phi) is 5.57. The predicted octanol–water partition coefficient (Wildman–Crippen LogP) is 6.22. The van der Waals surface area contributed by atoms with Gasteiger partial charge in [0.1, 0.15) is 5.15 Å². The van der Waals surface area contributed by atoms with E-state index in [1.54, 1.807) is 11.3 Å². The van der Waals surface area contributed by atoms with Crippen LogP contribution in [0, 0.1) is 0 Å². The fourth-order valence-corrected chi connectivity index (χ4v) is 2.96. The predicted molar refractivity (Wildman–Crippen MR) is 90.3 cm³/mol. The van der Waals surface area contributed by atoms with E-state index in [0.29, 0.717) is 5.15 Å². The maximum absolute atomic E-state index is 6.13. The van der Waals surface area contributed by atoms with Crippen molar-refractivity contribution in [3.8, 4) is 10.4 Å². The van der Waals surface area contributed by atoms with Crippen LogP contribution in [0.5, 0.6) is 0 Å². The van der Waals surface area contributed by atoms with Crippen molar-refractivity contribution >= 4 is 28.5 Å². The van der Waals surface area contributed by atoms with Gasteiger partial charge in [0.25, 0.3) is 0 Å². The molecule has 104 valence electrons. The third-order valence-corrected chi connectivity index (χ3v) is 4.00. The summed E-state index contributed by atoms with van der Waals surface area (Å²) in [5.41, 5.74) is 3.27. The maximum atomic E-state index is 6.13. The quantitative estimate of drug-likeness (QED) is 0.600. The monoisotopic (exact) mass is 303 g/mol. The van der Waals surface area contributed by atoms with Crippen molar-refractivity contribution < 1.29 is 0 Å². The van der Waals surface area contributed by atoms with E-state index in [-0.39, 0.29) is 0 Å². The van der Waals surface area contributed by atoms with Crippen LogP contribution >= 0.6 is 22.9 Å². The second kappa shape index (κ2) is 7.41. The molecule has 0 atom stereocenters. The van der Waals surface area contributed by atoms with E-state index in [1.165, 1.54) is 10.5 Å². The summed E-state index contributed by atoms with van der Waals surface area (Å²) in [7, 11) is 0. The molecule has 0 saturated heterocycles. The molecule has 0 aliphatic heterocycles. The normalized spacial score (nSPS) is 13.4. The molecule has 0 N–H and O–H groups in total. The van der Waals surface area contributed by atoms with Gasteiger partial charge >= 0.3 is 0 Å². The number of aromatic nitrogens is 1. The summed E-state index contributed by atoms with van der Waals surface area (Å²) < 4.78 is 0. The second-order valence-corrected chi connectivity index (χ2v) is 5.52. The standard InChI is InChI=1S/C15H12ClNS.C2H6/c16-15-10-12(14-7-4-8-18-14)9-13(17-15)11-5-2-1-3-6-11;1-2/h2,4-10H,1,3H2;1-2H3. The third-order valence-electron chi connectivity index (χ3n) is 2.89. The SMILES string of the molecule is CC.Clc1cc(-c2cccs2)cc(C2=CCCC=C2)n1. The molecule has 2 heterocycles. The van der Waals surface area contributed by atoms with Gasteiger partial charge in [-0.25, -0.2) is 4.98 Å². The maximum Gasteiger partial charge on any atom is 0.130 e. The summed E-state index contributed by atoms with van der Waals surface area (Å²) in [5, 5.41) is 2.62. The summed E-state index contributed by atoms with van der Waals surface area (Å²) >= 11 is 7.84. The molecule has 1 nitrogen and oxygen atoms in total. The molecule has 2 aromatic rings. The number of halogens is 1.